The summed E-state index contributed by atoms with van der Waals surface area (Å²) in [6.07, 6.45) is 6.66. The van der Waals surface area contributed by atoms with Crippen molar-refractivity contribution in [1.82, 2.24) is 4.90 Å². The van der Waals surface area contributed by atoms with Crippen LogP contribution in [0, 0.1) is 10.1 Å². The quantitative estimate of drug-likeness (QED) is 0.478. The van der Waals surface area contributed by atoms with E-state index in [2.05, 4.69) is 0 Å². The van der Waals surface area contributed by atoms with Crippen molar-refractivity contribution < 1.29 is 14.1 Å². The number of furan rings is 1. The highest BCUT2D eigenvalue weighted by Crippen LogP contribution is 2.23. The molecule has 0 saturated heterocycles. The molecule has 1 aliphatic rings. The Labute approximate surface area is 111 Å². The molecule has 0 spiro atoms. The molecule has 1 amide bonds. The Morgan fingerprint density at radius 2 is 1.95 bits per heavy atom. The molecule has 0 unspecified atom stereocenters. The van der Waals surface area contributed by atoms with E-state index in [0.717, 1.165) is 25.7 Å². The number of nitrogens with zero attached hydrogens (tertiary/aromatic N) is 2. The number of nitro groups is 1. The van der Waals surface area contributed by atoms with Gasteiger partial charge < -0.3 is 9.32 Å². The number of carbonyl (C=O) groups is 1. The zero-order valence-electron chi connectivity index (χ0n) is 11.0. The maximum absolute atomic E-state index is 12.2. The lowest BCUT2D eigenvalue weighted by Crippen LogP contribution is -2.36. The molecule has 1 saturated carbocycles. The summed E-state index contributed by atoms with van der Waals surface area (Å²) in [6.45, 7) is 0. The molecule has 0 aliphatic heterocycles. The highest BCUT2D eigenvalue weighted by atomic mass is 16.6. The van der Waals surface area contributed by atoms with Crippen molar-refractivity contribution in [1.29, 1.82) is 0 Å². The number of hydrogen-bond acceptors (Lipinski definition) is 4. The fourth-order valence-corrected chi connectivity index (χ4v) is 2.53. The third-order valence-corrected chi connectivity index (χ3v) is 3.68. The molecule has 1 fully saturated rings. The average Bonchev–Trinajstić information content (AvgIpc) is 2.73. The van der Waals surface area contributed by atoms with Gasteiger partial charge >= 0.3 is 5.88 Å². The minimum Gasteiger partial charge on any atom is -0.395 e. The molecule has 0 bridgehead atoms. The molecule has 1 aromatic rings. The fourth-order valence-electron chi connectivity index (χ4n) is 2.53. The Balaban J connectivity index is 2.06. The van der Waals surface area contributed by atoms with Crippen LogP contribution in [0.15, 0.2) is 16.5 Å². The van der Waals surface area contributed by atoms with Gasteiger partial charge in [-0.2, -0.15) is 0 Å². The first-order valence-electron chi connectivity index (χ1n) is 6.61. The second-order valence-corrected chi connectivity index (χ2v) is 4.96. The van der Waals surface area contributed by atoms with E-state index in [0.29, 0.717) is 0 Å². The van der Waals surface area contributed by atoms with Crippen LogP contribution < -0.4 is 0 Å². The summed E-state index contributed by atoms with van der Waals surface area (Å²) in [4.78, 5) is 23.8. The van der Waals surface area contributed by atoms with E-state index in [4.69, 9.17) is 4.42 Å². The van der Waals surface area contributed by atoms with Crippen molar-refractivity contribution in [3.05, 3.63) is 28.0 Å². The van der Waals surface area contributed by atoms with Gasteiger partial charge in [-0.1, -0.05) is 25.7 Å². The molecule has 19 heavy (non-hydrogen) atoms. The first-order valence-corrected chi connectivity index (χ1v) is 6.61. The third-order valence-electron chi connectivity index (χ3n) is 3.68. The topological polar surface area (TPSA) is 76.6 Å². The van der Waals surface area contributed by atoms with Crippen LogP contribution in [-0.2, 0) is 0 Å². The molecule has 104 valence electrons. The fraction of sp³-hybridized carbons (Fsp3) is 0.615. The smallest absolute Gasteiger partial charge is 0.395 e. The predicted octanol–water partition coefficient (Wildman–Crippen LogP) is 2.98. The van der Waals surface area contributed by atoms with Crippen molar-refractivity contribution in [2.24, 2.45) is 0 Å². The second-order valence-electron chi connectivity index (χ2n) is 4.96. The van der Waals surface area contributed by atoms with E-state index >= 15 is 0 Å². The molecule has 1 aromatic heterocycles. The normalized spacial score (nSPS) is 16.9. The Hall–Kier alpha value is -1.85. The number of amides is 1. The molecular formula is C13H18N2O4. The van der Waals surface area contributed by atoms with Gasteiger partial charge in [0.15, 0.2) is 5.76 Å². The van der Waals surface area contributed by atoms with Gasteiger partial charge in [-0.25, -0.2) is 0 Å². The van der Waals surface area contributed by atoms with Gasteiger partial charge in [0.25, 0.3) is 5.91 Å². The Morgan fingerprint density at radius 3 is 2.47 bits per heavy atom. The van der Waals surface area contributed by atoms with Crippen LogP contribution in [0.25, 0.3) is 0 Å². The average molecular weight is 266 g/mol. The first kappa shape index (κ1) is 13.6. The van der Waals surface area contributed by atoms with Gasteiger partial charge in [0.1, 0.15) is 4.92 Å². The van der Waals surface area contributed by atoms with Gasteiger partial charge in [0.05, 0.1) is 6.07 Å². The van der Waals surface area contributed by atoms with Crippen molar-refractivity contribution in [2.75, 3.05) is 7.05 Å². The van der Waals surface area contributed by atoms with Crippen LogP contribution in [0.4, 0.5) is 5.88 Å². The molecule has 0 radical (unpaired) electrons. The van der Waals surface area contributed by atoms with Crippen LogP contribution in [0.3, 0.4) is 0 Å². The lowest BCUT2D eigenvalue weighted by atomic mass is 10.1. The first-order chi connectivity index (χ1) is 9.09. The largest absolute Gasteiger partial charge is 0.433 e. The van der Waals surface area contributed by atoms with Gasteiger partial charge in [-0.05, 0) is 18.9 Å². The maximum atomic E-state index is 12.2. The Bertz CT molecular complexity index is 461. The molecule has 0 N–H and O–H groups in total. The van der Waals surface area contributed by atoms with E-state index in [-0.39, 0.29) is 17.7 Å². The summed E-state index contributed by atoms with van der Waals surface area (Å²) >= 11 is 0. The summed E-state index contributed by atoms with van der Waals surface area (Å²) in [7, 11) is 1.74. The lowest BCUT2D eigenvalue weighted by molar-refractivity contribution is -0.402. The molecule has 6 nitrogen and oxygen atoms in total. The SMILES string of the molecule is CN(C(=O)c1ccc([N+](=O)[O-])o1)C1CCCCCC1. The summed E-state index contributed by atoms with van der Waals surface area (Å²) in [5.41, 5.74) is 0. The van der Waals surface area contributed by atoms with Crippen LogP contribution in [0.5, 0.6) is 0 Å². The third kappa shape index (κ3) is 3.13. The zero-order valence-corrected chi connectivity index (χ0v) is 11.0. The van der Waals surface area contributed by atoms with E-state index < -0.39 is 10.8 Å². The molecule has 0 atom stereocenters. The summed E-state index contributed by atoms with van der Waals surface area (Å²) in [6, 6.07) is 2.79. The number of carbonyl (C=O) groups excluding carboxylic acids is 1. The van der Waals surface area contributed by atoms with Crippen LogP contribution >= 0.6 is 0 Å². The summed E-state index contributed by atoms with van der Waals surface area (Å²) < 4.78 is 4.96. The van der Waals surface area contributed by atoms with E-state index in [1.807, 2.05) is 0 Å². The Morgan fingerprint density at radius 1 is 1.32 bits per heavy atom. The van der Waals surface area contributed by atoms with Crippen LogP contribution in [0.2, 0.25) is 0 Å². The molecule has 6 heteroatoms. The second kappa shape index (κ2) is 5.86. The highest BCUT2D eigenvalue weighted by molar-refractivity contribution is 5.91. The van der Waals surface area contributed by atoms with Crippen molar-refractivity contribution >= 4 is 11.8 Å². The highest BCUT2D eigenvalue weighted by Gasteiger charge is 2.25. The molecular weight excluding hydrogens is 248 g/mol. The van der Waals surface area contributed by atoms with Crippen molar-refractivity contribution in [3.63, 3.8) is 0 Å². The predicted molar refractivity (Wildman–Crippen MR) is 68.9 cm³/mol. The number of rotatable bonds is 3. The lowest BCUT2D eigenvalue weighted by Gasteiger charge is -2.26. The molecule has 0 aromatic carbocycles. The van der Waals surface area contributed by atoms with Gasteiger partial charge in [0, 0.05) is 13.1 Å². The minimum atomic E-state index is -0.636. The van der Waals surface area contributed by atoms with E-state index in [1.54, 1.807) is 11.9 Å². The summed E-state index contributed by atoms with van der Waals surface area (Å²) in [5, 5.41) is 10.5. The standard InChI is InChI=1S/C13H18N2O4/c1-14(10-6-4-2-3-5-7-10)13(16)11-8-9-12(19-11)15(17)18/h8-10H,2-7H2,1H3. The molecule has 1 heterocycles. The van der Waals surface area contributed by atoms with Gasteiger partial charge in [-0.15, -0.1) is 0 Å². The van der Waals surface area contributed by atoms with Gasteiger partial charge in [-0.3, -0.25) is 14.9 Å². The van der Waals surface area contributed by atoms with Crippen LogP contribution in [-0.4, -0.2) is 28.8 Å². The van der Waals surface area contributed by atoms with Crippen molar-refractivity contribution in [2.45, 2.75) is 44.6 Å². The minimum absolute atomic E-state index is 0.0402. The van der Waals surface area contributed by atoms with Gasteiger partial charge in [0.2, 0.25) is 0 Å². The Kier molecular flexibility index (Phi) is 4.19. The maximum Gasteiger partial charge on any atom is 0.433 e. The molecule has 2 rings (SSSR count). The molecule has 1 aliphatic carbocycles. The monoisotopic (exact) mass is 266 g/mol. The zero-order chi connectivity index (χ0) is 13.8. The van der Waals surface area contributed by atoms with E-state index in [1.165, 1.54) is 25.0 Å². The van der Waals surface area contributed by atoms with E-state index in [9.17, 15) is 14.9 Å². The summed E-state index contributed by atoms with van der Waals surface area (Å²) in [5.74, 6) is -0.629. The van der Waals surface area contributed by atoms with Crippen molar-refractivity contribution in [3.8, 4) is 0 Å². The van der Waals surface area contributed by atoms with Crippen LogP contribution in [0.1, 0.15) is 49.1 Å². The number of hydrogen-bond donors (Lipinski definition) is 0.